The third kappa shape index (κ3) is 6.57. The molecule has 8 nitrogen and oxygen atoms in total. The maximum atomic E-state index is 14.3. The summed E-state index contributed by atoms with van der Waals surface area (Å²) in [4.78, 5) is 0. The molecule has 3 aromatic rings. The van der Waals surface area contributed by atoms with Crippen molar-refractivity contribution in [3.8, 4) is 48.6 Å². The molecule has 3 aromatic carbocycles. The van der Waals surface area contributed by atoms with E-state index in [-0.39, 0.29) is 12.1 Å². The van der Waals surface area contributed by atoms with Crippen molar-refractivity contribution < 1.29 is 52.7 Å². The van der Waals surface area contributed by atoms with Crippen LogP contribution >= 0.6 is 0 Å². The van der Waals surface area contributed by atoms with Crippen molar-refractivity contribution in [3.05, 3.63) is 101 Å². The molecule has 0 aliphatic heterocycles. The molecule has 0 radical (unpaired) electrons. The first kappa shape index (κ1) is 38.9. The van der Waals surface area contributed by atoms with E-state index in [1.54, 1.807) is 0 Å². The van der Waals surface area contributed by atoms with Crippen LogP contribution in [0.2, 0.25) is 0 Å². The first-order chi connectivity index (χ1) is 24.0. The van der Waals surface area contributed by atoms with Gasteiger partial charge in [-0.2, -0.15) is 94.8 Å². The summed E-state index contributed by atoms with van der Waals surface area (Å²) in [6, 6.07) is 7.98. The maximum absolute atomic E-state index is 14.3. The Kier molecular flexibility index (Phi) is 10.0. The molecule has 0 aromatic heterocycles. The SMILES string of the molecule is N#C/C(c1cc(C(F)(F)F)c(C#N)c(C#N)c1C(F)(F)F)=c1/cc/c(=C(\C#N)c2cc(C(F)(F)F)c(C#N)c(C#N)c2C(F)(F)F)c(C#N)c1C#N. The Hall–Kier alpha value is -7.52. The van der Waals surface area contributed by atoms with Crippen molar-refractivity contribution in [1.29, 1.82) is 42.1 Å². The van der Waals surface area contributed by atoms with Gasteiger partial charge in [0.25, 0.3) is 0 Å². The lowest BCUT2D eigenvalue weighted by Gasteiger charge is -2.19. The predicted molar refractivity (Wildman–Crippen MR) is 143 cm³/mol. The number of benzene rings is 3. The zero-order valence-electron chi connectivity index (χ0n) is 24.4. The van der Waals surface area contributed by atoms with Gasteiger partial charge in [0.05, 0.1) is 66.8 Å². The average molecular weight is 728 g/mol. The molecule has 0 bridgehead atoms. The van der Waals surface area contributed by atoms with Crippen LogP contribution in [0.3, 0.4) is 0 Å². The largest absolute Gasteiger partial charge is 0.418 e. The zero-order valence-corrected chi connectivity index (χ0v) is 24.4. The van der Waals surface area contributed by atoms with Gasteiger partial charge in [-0.3, -0.25) is 0 Å². The minimum absolute atomic E-state index is 0.344. The van der Waals surface area contributed by atoms with Gasteiger partial charge in [0.1, 0.15) is 48.6 Å². The third-order valence-corrected chi connectivity index (χ3v) is 7.01. The van der Waals surface area contributed by atoms with Gasteiger partial charge in [0.15, 0.2) is 0 Å². The fourth-order valence-corrected chi connectivity index (χ4v) is 5.03. The number of nitrogens with zero attached hydrogens (tertiary/aromatic N) is 8. The summed E-state index contributed by atoms with van der Waals surface area (Å²) < 4.78 is 169. The van der Waals surface area contributed by atoms with Crippen LogP contribution in [0.25, 0.3) is 11.1 Å². The van der Waals surface area contributed by atoms with E-state index in [1.807, 2.05) is 0 Å². The number of alkyl halides is 12. The lowest BCUT2D eigenvalue weighted by molar-refractivity contribution is -0.141. The molecule has 0 aliphatic carbocycles. The van der Waals surface area contributed by atoms with Crippen LogP contribution in [0.4, 0.5) is 52.7 Å². The Morgan fingerprint density at radius 2 is 0.654 bits per heavy atom. The van der Waals surface area contributed by atoms with E-state index in [2.05, 4.69) is 0 Å². The van der Waals surface area contributed by atoms with E-state index in [9.17, 15) is 94.8 Å². The standard InChI is InChI=1S/C32H4F12N8/c33-29(34,35)25-3-15(27(31(39,40)41)23(11-51)21(25)9-49)17(5-45)13-1-2-14(20(8-48)19(13)7-47)18(6-46)16-4-26(30(36,37)38)22(10-50)24(12-52)28(16)32(42,43)44/h1-4H/b17-13-,18-14+. The van der Waals surface area contributed by atoms with Crippen molar-refractivity contribution in [1.82, 2.24) is 0 Å². The Labute approximate surface area is 280 Å². The van der Waals surface area contributed by atoms with E-state index in [1.165, 1.54) is 12.1 Å². The van der Waals surface area contributed by atoms with E-state index in [0.29, 0.717) is 12.1 Å². The Bertz CT molecular complexity index is 2370. The molecule has 0 atom stereocenters. The van der Waals surface area contributed by atoms with E-state index in [4.69, 9.17) is 0 Å². The van der Waals surface area contributed by atoms with Gasteiger partial charge in [-0.25, -0.2) is 0 Å². The van der Waals surface area contributed by atoms with Gasteiger partial charge in [0.2, 0.25) is 0 Å². The van der Waals surface area contributed by atoms with Crippen LogP contribution in [-0.4, -0.2) is 0 Å². The summed E-state index contributed by atoms with van der Waals surface area (Å²) in [7, 11) is 0. The monoisotopic (exact) mass is 728 g/mol. The Morgan fingerprint density at radius 3 is 0.846 bits per heavy atom. The van der Waals surface area contributed by atoms with Crippen LogP contribution in [0, 0.1) is 90.6 Å². The fraction of sp³-hybridized carbons (Fsp3) is 0.125. The smallest absolute Gasteiger partial charge is 0.192 e. The van der Waals surface area contributed by atoms with Crippen LogP contribution < -0.4 is 10.4 Å². The molecule has 256 valence electrons. The van der Waals surface area contributed by atoms with Gasteiger partial charge in [0, 0.05) is 21.6 Å². The Balaban J connectivity index is 2.85. The second-order valence-electron chi connectivity index (χ2n) is 9.74. The Morgan fingerprint density at radius 1 is 0.385 bits per heavy atom. The number of hydrogen-bond acceptors (Lipinski definition) is 8. The summed E-state index contributed by atoms with van der Waals surface area (Å²) in [5.74, 6) is 0. The van der Waals surface area contributed by atoms with Gasteiger partial charge < -0.3 is 0 Å². The molecule has 0 heterocycles. The van der Waals surface area contributed by atoms with Crippen molar-refractivity contribution in [3.63, 3.8) is 0 Å². The molecule has 52 heavy (non-hydrogen) atoms. The number of rotatable bonds is 2. The van der Waals surface area contributed by atoms with Crippen molar-refractivity contribution in [2.75, 3.05) is 0 Å². The first-order valence-corrected chi connectivity index (χ1v) is 12.9. The average Bonchev–Trinajstić information content (AvgIpc) is 3.05. The summed E-state index contributed by atoms with van der Waals surface area (Å²) in [5.41, 5.74) is -25.4. The molecule has 0 unspecified atom stereocenters. The van der Waals surface area contributed by atoms with Crippen molar-refractivity contribution in [2.45, 2.75) is 24.7 Å². The third-order valence-electron chi connectivity index (χ3n) is 7.01. The normalized spacial score (nSPS) is 12.7. The van der Waals surface area contributed by atoms with Crippen LogP contribution in [0.15, 0.2) is 24.3 Å². The van der Waals surface area contributed by atoms with Crippen LogP contribution in [0.5, 0.6) is 0 Å². The number of halogens is 12. The molecule has 0 saturated carbocycles. The fourth-order valence-electron chi connectivity index (χ4n) is 5.03. The van der Waals surface area contributed by atoms with Gasteiger partial charge in [-0.15, -0.1) is 0 Å². The van der Waals surface area contributed by atoms with E-state index < -0.39 is 113 Å². The van der Waals surface area contributed by atoms with Crippen molar-refractivity contribution in [2.24, 2.45) is 0 Å². The highest BCUT2D eigenvalue weighted by molar-refractivity contribution is 5.85. The summed E-state index contributed by atoms with van der Waals surface area (Å²) in [6.45, 7) is 0. The number of hydrogen-bond donors (Lipinski definition) is 0. The molecular weight excluding hydrogens is 724 g/mol. The second kappa shape index (κ2) is 13.4. The van der Waals surface area contributed by atoms with Crippen molar-refractivity contribution >= 4 is 11.1 Å². The van der Waals surface area contributed by atoms with Crippen LogP contribution in [-0.2, 0) is 24.7 Å². The molecular formula is C32H4F12N8. The topological polar surface area (TPSA) is 190 Å². The minimum Gasteiger partial charge on any atom is -0.192 e. The van der Waals surface area contributed by atoms with Gasteiger partial charge in [-0.05, 0) is 12.1 Å². The summed E-state index contributed by atoms with van der Waals surface area (Å²) in [6.07, 6.45) is -22.9. The molecule has 0 fully saturated rings. The van der Waals surface area contributed by atoms with E-state index >= 15 is 0 Å². The molecule has 0 aliphatic rings. The highest BCUT2D eigenvalue weighted by Crippen LogP contribution is 2.45. The lowest BCUT2D eigenvalue weighted by Crippen LogP contribution is -2.25. The zero-order chi connectivity index (χ0) is 39.7. The van der Waals surface area contributed by atoms with Gasteiger partial charge in [-0.1, -0.05) is 12.1 Å². The van der Waals surface area contributed by atoms with E-state index in [0.717, 1.165) is 36.4 Å². The maximum Gasteiger partial charge on any atom is 0.418 e. The number of nitriles is 8. The summed E-state index contributed by atoms with van der Waals surface area (Å²) in [5, 5.41) is 74.6. The van der Waals surface area contributed by atoms with Crippen LogP contribution in [0.1, 0.15) is 66.8 Å². The quantitative estimate of drug-likeness (QED) is 0.269. The predicted octanol–water partition coefficient (Wildman–Crippen LogP) is 6.44. The molecule has 20 heteroatoms. The highest BCUT2D eigenvalue weighted by atomic mass is 19.4. The lowest BCUT2D eigenvalue weighted by atomic mass is 9.85. The minimum atomic E-state index is -5.79. The molecule has 0 N–H and O–H groups in total. The molecule has 0 amide bonds. The highest BCUT2D eigenvalue weighted by Gasteiger charge is 2.45. The molecule has 3 rings (SSSR count). The van der Waals surface area contributed by atoms with Gasteiger partial charge >= 0.3 is 24.7 Å². The molecule has 0 spiro atoms. The summed E-state index contributed by atoms with van der Waals surface area (Å²) >= 11 is 0. The first-order valence-electron chi connectivity index (χ1n) is 12.9. The molecule has 0 saturated heterocycles. The second-order valence-corrected chi connectivity index (χ2v) is 9.74.